The summed E-state index contributed by atoms with van der Waals surface area (Å²) in [7, 11) is 0. The summed E-state index contributed by atoms with van der Waals surface area (Å²) < 4.78 is 72.7. The van der Waals surface area contributed by atoms with Gasteiger partial charge in [0.2, 0.25) is 6.43 Å². The van der Waals surface area contributed by atoms with Gasteiger partial charge in [-0.2, -0.15) is 18.3 Å². The number of rotatable bonds is 6. The maximum absolute atomic E-state index is 13.7. The topological polar surface area (TPSA) is 76.4 Å². The summed E-state index contributed by atoms with van der Waals surface area (Å²) >= 11 is 0. The Kier molecular flexibility index (Phi) is 6.88. The summed E-state index contributed by atoms with van der Waals surface area (Å²) in [6.07, 6.45) is -7.84. The predicted octanol–water partition coefficient (Wildman–Crippen LogP) is 5.79. The zero-order chi connectivity index (χ0) is 25.3. The SMILES string of the molecule is CC(C)(C)OC(=O)Nc1cccc2c1cnn2C(CO)(CC(F)F)c1ccc(C(F)(F)F)cc1. The van der Waals surface area contributed by atoms with Gasteiger partial charge in [-0.15, -0.1) is 0 Å². The van der Waals surface area contributed by atoms with E-state index in [9.17, 15) is 31.9 Å². The monoisotopic (exact) mass is 485 g/mol. The summed E-state index contributed by atoms with van der Waals surface area (Å²) in [6, 6.07) is 8.30. The van der Waals surface area contributed by atoms with E-state index in [2.05, 4.69) is 10.4 Å². The number of hydrogen-bond donors (Lipinski definition) is 2. The number of aliphatic hydroxyl groups is 1. The molecule has 0 bridgehead atoms. The lowest BCUT2D eigenvalue weighted by Gasteiger charge is -2.33. The lowest BCUT2D eigenvalue weighted by Crippen LogP contribution is -2.41. The predicted molar refractivity (Wildman–Crippen MR) is 116 cm³/mol. The third kappa shape index (κ3) is 5.30. The molecule has 184 valence electrons. The zero-order valence-corrected chi connectivity index (χ0v) is 18.7. The Morgan fingerprint density at radius 3 is 2.24 bits per heavy atom. The summed E-state index contributed by atoms with van der Waals surface area (Å²) in [5.41, 5.74) is -2.97. The number of nitrogens with one attached hydrogen (secondary N) is 1. The van der Waals surface area contributed by atoms with Gasteiger partial charge in [0.1, 0.15) is 11.1 Å². The number of carbonyl (C=O) groups excluding carboxylic acids is 1. The van der Waals surface area contributed by atoms with E-state index in [-0.39, 0.29) is 16.8 Å². The van der Waals surface area contributed by atoms with Crippen molar-refractivity contribution in [3.8, 4) is 0 Å². The number of aliphatic hydroxyl groups excluding tert-OH is 1. The van der Waals surface area contributed by atoms with E-state index in [1.165, 1.54) is 6.20 Å². The average molecular weight is 485 g/mol. The van der Waals surface area contributed by atoms with Crippen LogP contribution in [-0.4, -0.2) is 39.6 Å². The zero-order valence-electron chi connectivity index (χ0n) is 18.7. The highest BCUT2D eigenvalue weighted by atomic mass is 19.4. The van der Waals surface area contributed by atoms with Gasteiger partial charge >= 0.3 is 12.3 Å². The molecule has 2 N–H and O–H groups in total. The molecule has 3 aromatic rings. The van der Waals surface area contributed by atoms with Crippen LogP contribution in [-0.2, 0) is 16.5 Å². The number of fused-ring (bicyclic) bond motifs is 1. The number of aromatic nitrogens is 2. The molecule has 2 aromatic carbocycles. The normalized spacial score (nSPS) is 14.3. The van der Waals surface area contributed by atoms with E-state index in [4.69, 9.17) is 4.74 Å². The fraction of sp³-hybridized carbons (Fsp3) is 0.391. The Morgan fingerprint density at radius 2 is 1.71 bits per heavy atom. The fourth-order valence-corrected chi connectivity index (χ4v) is 3.69. The van der Waals surface area contributed by atoms with Crippen LogP contribution in [0.4, 0.5) is 32.4 Å². The number of anilines is 1. The molecule has 0 spiro atoms. The molecule has 1 heterocycles. The van der Waals surface area contributed by atoms with Gasteiger partial charge in [-0.05, 0) is 50.6 Å². The largest absolute Gasteiger partial charge is 0.444 e. The van der Waals surface area contributed by atoms with Crippen molar-refractivity contribution in [2.45, 2.75) is 50.9 Å². The van der Waals surface area contributed by atoms with Crippen molar-refractivity contribution in [2.24, 2.45) is 0 Å². The van der Waals surface area contributed by atoms with Crippen molar-refractivity contribution >= 4 is 22.7 Å². The van der Waals surface area contributed by atoms with Crippen molar-refractivity contribution in [3.05, 3.63) is 59.8 Å². The Balaban J connectivity index is 2.11. The Labute approximate surface area is 192 Å². The number of ether oxygens (including phenoxy) is 1. The second-order valence-corrected chi connectivity index (χ2v) is 8.78. The van der Waals surface area contributed by atoms with E-state index in [1.807, 2.05) is 0 Å². The molecule has 3 rings (SSSR count). The summed E-state index contributed by atoms with van der Waals surface area (Å²) in [4.78, 5) is 12.2. The van der Waals surface area contributed by atoms with Gasteiger partial charge in [-0.25, -0.2) is 13.6 Å². The van der Waals surface area contributed by atoms with Crippen LogP contribution in [0.25, 0.3) is 10.9 Å². The number of alkyl halides is 5. The molecular weight excluding hydrogens is 461 g/mol. The Hall–Kier alpha value is -3.21. The van der Waals surface area contributed by atoms with Gasteiger partial charge in [0.15, 0.2) is 0 Å². The highest BCUT2D eigenvalue weighted by Crippen LogP contribution is 2.38. The van der Waals surface area contributed by atoms with Crippen molar-refractivity contribution < 1.29 is 36.6 Å². The molecule has 0 saturated heterocycles. The molecule has 34 heavy (non-hydrogen) atoms. The molecule has 0 radical (unpaired) electrons. The van der Waals surface area contributed by atoms with Crippen LogP contribution in [0.2, 0.25) is 0 Å². The van der Waals surface area contributed by atoms with Crippen LogP contribution in [0.3, 0.4) is 0 Å². The highest BCUT2D eigenvalue weighted by molar-refractivity contribution is 5.98. The second kappa shape index (κ2) is 9.21. The van der Waals surface area contributed by atoms with E-state index in [1.54, 1.807) is 39.0 Å². The number of amides is 1. The third-order valence-corrected chi connectivity index (χ3v) is 5.16. The maximum atomic E-state index is 13.7. The molecule has 1 aromatic heterocycles. The van der Waals surface area contributed by atoms with Gasteiger partial charge in [0.05, 0.1) is 29.6 Å². The first kappa shape index (κ1) is 25.4. The first-order chi connectivity index (χ1) is 15.8. The van der Waals surface area contributed by atoms with Crippen molar-refractivity contribution in [1.82, 2.24) is 9.78 Å². The first-order valence-corrected chi connectivity index (χ1v) is 10.3. The fourth-order valence-electron chi connectivity index (χ4n) is 3.69. The molecule has 0 fully saturated rings. The van der Waals surface area contributed by atoms with Crippen LogP contribution in [0.15, 0.2) is 48.7 Å². The van der Waals surface area contributed by atoms with E-state index < -0.39 is 48.4 Å². The Bertz CT molecular complexity index is 1150. The number of hydrogen-bond acceptors (Lipinski definition) is 4. The lowest BCUT2D eigenvalue weighted by molar-refractivity contribution is -0.137. The molecular formula is C23H24F5N3O3. The number of carbonyl (C=O) groups is 1. The minimum Gasteiger partial charge on any atom is -0.444 e. The minimum atomic E-state index is -4.61. The van der Waals surface area contributed by atoms with Crippen LogP contribution in [0, 0.1) is 0 Å². The van der Waals surface area contributed by atoms with Crippen molar-refractivity contribution in [1.29, 1.82) is 0 Å². The summed E-state index contributed by atoms with van der Waals surface area (Å²) in [5.74, 6) is 0. The van der Waals surface area contributed by atoms with Gasteiger partial charge in [-0.1, -0.05) is 18.2 Å². The molecule has 6 nitrogen and oxygen atoms in total. The highest BCUT2D eigenvalue weighted by Gasteiger charge is 2.40. The molecule has 0 aliphatic carbocycles. The van der Waals surface area contributed by atoms with Crippen LogP contribution >= 0.6 is 0 Å². The van der Waals surface area contributed by atoms with Gasteiger partial charge < -0.3 is 9.84 Å². The standard InChI is InChI=1S/C23H24F5N3O3/c1-21(2,3)34-20(33)30-17-5-4-6-18-16(17)12-29-31(18)22(13-32,11-19(24)25)14-7-9-15(10-8-14)23(26,27)28/h4-10,12,19,32H,11,13H2,1-3H3,(H,30,33). The van der Waals surface area contributed by atoms with Crippen molar-refractivity contribution in [3.63, 3.8) is 0 Å². The molecule has 0 aliphatic rings. The second-order valence-electron chi connectivity index (χ2n) is 8.78. The quantitative estimate of drug-likeness (QED) is 0.433. The van der Waals surface area contributed by atoms with Crippen LogP contribution < -0.4 is 5.32 Å². The van der Waals surface area contributed by atoms with Crippen LogP contribution in [0.1, 0.15) is 38.3 Å². The van der Waals surface area contributed by atoms with Crippen LogP contribution in [0.5, 0.6) is 0 Å². The molecule has 1 amide bonds. The Morgan fingerprint density at radius 1 is 1.09 bits per heavy atom. The smallest absolute Gasteiger partial charge is 0.416 e. The van der Waals surface area contributed by atoms with Gasteiger partial charge in [0, 0.05) is 11.8 Å². The molecule has 0 saturated carbocycles. The number of nitrogens with zero attached hydrogens (tertiary/aromatic N) is 2. The number of halogens is 5. The molecule has 1 unspecified atom stereocenters. The maximum Gasteiger partial charge on any atom is 0.416 e. The molecule has 0 aliphatic heterocycles. The van der Waals surface area contributed by atoms with E-state index in [0.29, 0.717) is 5.39 Å². The summed E-state index contributed by atoms with van der Waals surface area (Å²) in [6.45, 7) is 4.21. The summed E-state index contributed by atoms with van der Waals surface area (Å²) in [5, 5.41) is 17.4. The van der Waals surface area contributed by atoms with Crippen molar-refractivity contribution in [2.75, 3.05) is 11.9 Å². The first-order valence-electron chi connectivity index (χ1n) is 10.3. The van der Waals surface area contributed by atoms with Gasteiger partial charge in [-0.3, -0.25) is 10.00 Å². The van der Waals surface area contributed by atoms with E-state index in [0.717, 1.165) is 28.9 Å². The third-order valence-electron chi connectivity index (χ3n) is 5.16. The van der Waals surface area contributed by atoms with E-state index >= 15 is 0 Å². The minimum absolute atomic E-state index is 0.0267. The molecule has 1 atom stereocenters. The number of benzene rings is 2. The molecule has 11 heteroatoms. The average Bonchev–Trinajstić information content (AvgIpc) is 3.15. The lowest BCUT2D eigenvalue weighted by atomic mass is 9.86. The van der Waals surface area contributed by atoms with Gasteiger partial charge in [0.25, 0.3) is 0 Å².